The van der Waals surface area contributed by atoms with Crippen LogP contribution < -0.4 is 0 Å². The first-order valence-corrected chi connectivity index (χ1v) is 13.8. The molecule has 0 amide bonds. The lowest BCUT2D eigenvalue weighted by Gasteiger charge is -2.61. The molecule has 30 heavy (non-hydrogen) atoms. The third-order valence-electron chi connectivity index (χ3n) is 11.1. The average molecular weight is 419 g/mol. The summed E-state index contributed by atoms with van der Waals surface area (Å²) >= 11 is 0. The van der Waals surface area contributed by atoms with Gasteiger partial charge in [0.25, 0.3) is 0 Å². The maximum absolute atomic E-state index is 7.00. The van der Waals surface area contributed by atoms with Crippen LogP contribution in [0.15, 0.2) is 0 Å². The molecule has 0 aromatic rings. The van der Waals surface area contributed by atoms with E-state index in [9.17, 15) is 0 Å². The van der Waals surface area contributed by atoms with E-state index in [1.54, 1.807) is 51.4 Å². The molecule has 0 radical (unpaired) electrons. The van der Waals surface area contributed by atoms with Gasteiger partial charge in [0.1, 0.15) is 0 Å². The van der Waals surface area contributed by atoms with E-state index in [1.165, 1.54) is 38.5 Å². The van der Waals surface area contributed by atoms with Gasteiger partial charge in [0.2, 0.25) is 0 Å². The average Bonchev–Trinajstić information content (AvgIpc) is 3.08. The number of hydrogen-bond donors (Lipinski definition) is 1. The van der Waals surface area contributed by atoms with Gasteiger partial charge in [-0.05, 0) is 116 Å². The molecule has 4 fully saturated rings. The third-order valence-corrected chi connectivity index (χ3v) is 11.1. The van der Waals surface area contributed by atoms with Crippen molar-refractivity contribution < 1.29 is 5.11 Å². The van der Waals surface area contributed by atoms with Crippen LogP contribution in [0.25, 0.3) is 0 Å². The van der Waals surface area contributed by atoms with E-state index in [-0.39, 0.29) is 0 Å². The van der Waals surface area contributed by atoms with Crippen molar-refractivity contribution in [2.45, 2.75) is 125 Å². The third kappa shape index (κ3) is 4.53. The lowest BCUT2D eigenvalue weighted by molar-refractivity contribution is -0.118. The molecular weight excluding hydrogens is 364 g/mol. The quantitative estimate of drug-likeness (QED) is 0.429. The SMILES string of the molecule is CC[C@H]1CC[C@]2(C)C3CC[C@]4(C)C(CCCCC(C)C)CCC4[C@@H]3CC[C@@H]2C1.CO. The summed E-state index contributed by atoms with van der Waals surface area (Å²) in [5, 5.41) is 7.00. The zero-order valence-electron chi connectivity index (χ0n) is 21.4. The van der Waals surface area contributed by atoms with Gasteiger partial charge in [-0.15, -0.1) is 0 Å². The summed E-state index contributed by atoms with van der Waals surface area (Å²) in [6.07, 6.45) is 21.5. The molecule has 8 atom stereocenters. The van der Waals surface area contributed by atoms with E-state index in [4.69, 9.17) is 5.11 Å². The fraction of sp³-hybridized carbons (Fsp3) is 1.00. The maximum atomic E-state index is 7.00. The van der Waals surface area contributed by atoms with Crippen LogP contribution in [0.4, 0.5) is 0 Å². The molecule has 176 valence electrons. The summed E-state index contributed by atoms with van der Waals surface area (Å²) in [5.74, 6) is 7.27. The molecule has 0 heterocycles. The number of rotatable bonds is 6. The first kappa shape index (κ1) is 24.6. The smallest absolute Gasteiger partial charge is 0.0319 e. The lowest BCUT2D eigenvalue weighted by atomic mass is 9.44. The van der Waals surface area contributed by atoms with Gasteiger partial charge in [-0.2, -0.15) is 0 Å². The number of unbranched alkanes of at least 4 members (excludes halogenated alkanes) is 1. The predicted octanol–water partition coefficient (Wildman–Crippen LogP) is 8.50. The highest BCUT2D eigenvalue weighted by atomic mass is 16.2. The fourth-order valence-electron chi connectivity index (χ4n) is 9.24. The molecule has 0 aromatic carbocycles. The molecular formula is C29H54O. The Morgan fingerprint density at radius 3 is 2.23 bits per heavy atom. The zero-order chi connectivity index (χ0) is 21.9. The Hall–Kier alpha value is -0.0400. The molecule has 4 rings (SSSR count). The van der Waals surface area contributed by atoms with Gasteiger partial charge in [-0.1, -0.05) is 60.3 Å². The standard InChI is InChI=1S/C28H50.CH4O/c1-6-21-15-17-28(5)23(19-21)11-13-24-25-14-12-22(10-8-7-9-20(2)3)27(25,4)18-16-26(24)28;1-2/h20-26H,6-19H2,1-5H3;2H,1H3/t21-,22?,23+,24-,25?,26?,27+,28-;/m0./s1. The number of aliphatic hydroxyl groups excluding tert-OH is 1. The minimum absolute atomic E-state index is 0.697. The second kappa shape index (κ2) is 10.3. The Morgan fingerprint density at radius 2 is 1.53 bits per heavy atom. The highest BCUT2D eigenvalue weighted by Gasteiger charge is 2.59. The second-order valence-corrected chi connectivity index (χ2v) is 12.7. The van der Waals surface area contributed by atoms with Gasteiger partial charge in [0.15, 0.2) is 0 Å². The van der Waals surface area contributed by atoms with E-state index >= 15 is 0 Å². The van der Waals surface area contributed by atoms with Crippen molar-refractivity contribution in [3.05, 3.63) is 0 Å². The molecule has 0 bridgehead atoms. The molecule has 4 aliphatic carbocycles. The molecule has 3 unspecified atom stereocenters. The van der Waals surface area contributed by atoms with E-state index in [1.807, 2.05) is 0 Å². The second-order valence-electron chi connectivity index (χ2n) is 12.7. The first-order chi connectivity index (χ1) is 14.4. The largest absolute Gasteiger partial charge is 0.400 e. The number of hydrogen-bond acceptors (Lipinski definition) is 1. The summed E-state index contributed by atoms with van der Waals surface area (Å²) in [6.45, 7) is 12.7. The molecule has 0 aliphatic heterocycles. The molecule has 4 aliphatic rings. The first-order valence-electron chi connectivity index (χ1n) is 13.8. The van der Waals surface area contributed by atoms with Crippen LogP contribution in [0, 0.1) is 52.3 Å². The van der Waals surface area contributed by atoms with Crippen LogP contribution >= 0.6 is 0 Å². The van der Waals surface area contributed by atoms with Crippen LogP contribution in [-0.4, -0.2) is 12.2 Å². The van der Waals surface area contributed by atoms with Crippen molar-refractivity contribution in [1.29, 1.82) is 0 Å². The minimum atomic E-state index is 0.697. The molecule has 4 saturated carbocycles. The van der Waals surface area contributed by atoms with Gasteiger partial charge < -0.3 is 5.11 Å². The van der Waals surface area contributed by atoms with Crippen molar-refractivity contribution in [2.75, 3.05) is 7.11 Å². The fourth-order valence-corrected chi connectivity index (χ4v) is 9.24. The predicted molar refractivity (Wildman–Crippen MR) is 130 cm³/mol. The Labute approximate surface area is 189 Å². The molecule has 1 heteroatoms. The maximum Gasteiger partial charge on any atom is 0.0319 e. The van der Waals surface area contributed by atoms with E-state index in [0.717, 1.165) is 48.5 Å². The summed E-state index contributed by atoms with van der Waals surface area (Å²) in [5.41, 5.74) is 1.40. The van der Waals surface area contributed by atoms with Crippen LogP contribution in [-0.2, 0) is 0 Å². The molecule has 0 spiro atoms. The lowest BCUT2D eigenvalue weighted by Crippen LogP contribution is -2.53. The van der Waals surface area contributed by atoms with Crippen molar-refractivity contribution in [1.82, 2.24) is 0 Å². The number of fused-ring (bicyclic) bond motifs is 5. The minimum Gasteiger partial charge on any atom is -0.400 e. The summed E-state index contributed by atoms with van der Waals surface area (Å²) < 4.78 is 0. The van der Waals surface area contributed by atoms with Crippen molar-refractivity contribution >= 4 is 0 Å². The zero-order valence-corrected chi connectivity index (χ0v) is 21.4. The van der Waals surface area contributed by atoms with Crippen LogP contribution in [0.2, 0.25) is 0 Å². The van der Waals surface area contributed by atoms with Crippen molar-refractivity contribution in [2.24, 2.45) is 52.3 Å². The van der Waals surface area contributed by atoms with E-state index in [0.29, 0.717) is 10.8 Å². The Bertz CT molecular complexity index is 526. The molecule has 0 saturated heterocycles. The Kier molecular flexibility index (Phi) is 8.42. The van der Waals surface area contributed by atoms with Crippen molar-refractivity contribution in [3.8, 4) is 0 Å². The topological polar surface area (TPSA) is 20.2 Å². The van der Waals surface area contributed by atoms with E-state index in [2.05, 4.69) is 34.6 Å². The molecule has 1 nitrogen and oxygen atoms in total. The van der Waals surface area contributed by atoms with Gasteiger partial charge >= 0.3 is 0 Å². The van der Waals surface area contributed by atoms with E-state index < -0.39 is 0 Å². The summed E-state index contributed by atoms with van der Waals surface area (Å²) in [4.78, 5) is 0. The highest BCUT2D eigenvalue weighted by Crippen LogP contribution is 2.68. The number of aliphatic hydroxyl groups is 1. The normalized spacial score (nSPS) is 45.2. The highest BCUT2D eigenvalue weighted by molar-refractivity contribution is 5.09. The van der Waals surface area contributed by atoms with Gasteiger partial charge in [-0.3, -0.25) is 0 Å². The molecule has 1 N–H and O–H groups in total. The van der Waals surface area contributed by atoms with Crippen LogP contribution in [0.5, 0.6) is 0 Å². The Morgan fingerprint density at radius 1 is 0.833 bits per heavy atom. The molecule has 0 aromatic heterocycles. The Balaban J connectivity index is 0.00000124. The van der Waals surface area contributed by atoms with Crippen LogP contribution in [0.3, 0.4) is 0 Å². The summed E-state index contributed by atoms with van der Waals surface area (Å²) in [7, 11) is 1.00. The monoisotopic (exact) mass is 418 g/mol. The van der Waals surface area contributed by atoms with Gasteiger partial charge in [-0.25, -0.2) is 0 Å². The van der Waals surface area contributed by atoms with Crippen molar-refractivity contribution in [3.63, 3.8) is 0 Å². The van der Waals surface area contributed by atoms with Gasteiger partial charge in [0, 0.05) is 7.11 Å². The summed E-state index contributed by atoms with van der Waals surface area (Å²) in [6, 6.07) is 0. The van der Waals surface area contributed by atoms with Crippen LogP contribution in [0.1, 0.15) is 125 Å². The van der Waals surface area contributed by atoms with Gasteiger partial charge in [0.05, 0.1) is 0 Å².